The van der Waals surface area contributed by atoms with Crippen molar-refractivity contribution in [2.45, 2.75) is 53.1 Å². The van der Waals surface area contributed by atoms with Crippen molar-refractivity contribution >= 4 is 5.78 Å². The van der Waals surface area contributed by atoms with Gasteiger partial charge in [-0.05, 0) is 33.6 Å². The molecule has 0 fully saturated rings. The molecule has 0 saturated heterocycles. The van der Waals surface area contributed by atoms with Crippen LogP contribution in [0.3, 0.4) is 0 Å². The smallest absolute Gasteiger partial charge is 0.196 e. The van der Waals surface area contributed by atoms with E-state index in [1.807, 2.05) is 26.8 Å². The summed E-state index contributed by atoms with van der Waals surface area (Å²) in [5, 5.41) is 0. The highest BCUT2D eigenvalue weighted by Crippen LogP contribution is 2.35. The van der Waals surface area contributed by atoms with Crippen LogP contribution in [0.5, 0.6) is 0 Å². The topological polar surface area (TPSA) is 26.3 Å². The van der Waals surface area contributed by atoms with Gasteiger partial charge in [0.05, 0.1) is 11.7 Å². The van der Waals surface area contributed by atoms with Crippen molar-refractivity contribution in [1.82, 2.24) is 0 Å². The van der Waals surface area contributed by atoms with Gasteiger partial charge in [-0.25, -0.2) is 0 Å². The normalized spacial score (nSPS) is 18.7. The van der Waals surface area contributed by atoms with Crippen LogP contribution in [0.15, 0.2) is 23.0 Å². The van der Waals surface area contributed by atoms with E-state index in [1.54, 1.807) is 0 Å². The molecule has 15 heavy (non-hydrogen) atoms. The highest BCUT2D eigenvalue weighted by Gasteiger charge is 2.34. The summed E-state index contributed by atoms with van der Waals surface area (Å²) in [6.07, 6.45) is 5.00. The monoisotopic (exact) mass is 208 g/mol. The molecule has 84 valence electrons. The van der Waals surface area contributed by atoms with E-state index in [4.69, 9.17) is 4.74 Å². The van der Waals surface area contributed by atoms with Gasteiger partial charge >= 0.3 is 0 Å². The number of Topliss-reactive ketones (excluding diaryl/α,β-unsaturated/α-hetero) is 1. The minimum absolute atomic E-state index is 0.139. The number of ether oxygens (including phenoxy) is 1. The van der Waals surface area contributed by atoms with Crippen LogP contribution in [0.25, 0.3) is 0 Å². The van der Waals surface area contributed by atoms with Crippen molar-refractivity contribution in [3.8, 4) is 0 Å². The third-order valence-corrected chi connectivity index (χ3v) is 2.46. The van der Waals surface area contributed by atoms with Crippen LogP contribution < -0.4 is 0 Å². The minimum Gasteiger partial charge on any atom is -0.490 e. The average molecular weight is 208 g/mol. The fourth-order valence-electron chi connectivity index (χ4n) is 1.68. The maximum absolute atomic E-state index is 11.7. The maximum Gasteiger partial charge on any atom is 0.196 e. The van der Waals surface area contributed by atoms with Gasteiger partial charge in [0.15, 0.2) is 5.78 Å². The molecular formula is C13H20O2. The third kappa shape index (κ3) is 2.49. The second kappa shape index (κ2) is 5.15. The number of carbonyl (C=O) groups excluding carboxylic acids is 1. The molecule has 0 N–H and O–H groups in total. The van der Waals surface area contributed by atoms with Crippen LogP contribution in [-0.2, 0) is 9.53 Å². The van der Waals surface area contributed by atoms with Crippen molar-refractivity contribution in [3.05, 3.63) is 23.0 Å². The van der Waals surface area contributed by atoms with E-state index in [2.05, 4.69) is 6.92 Å². The lowest BCUT2D eigenvalue weighted by Crippen LogP contribution is -2.25. The van der Waals surface area contributed by atoms with E-state index >= 15 is 0 Å². The van der Waals surface area contributed by atoms with Crippen LogP contribution in [0.2, 0.25) is 0 Å². The highest BCUT2D eigenvalue weighted by atomic mass is 16.5. The van der Waals surface area contributed by atoms with Crippen molar-refractivity contribution in [1.29, 1.82) is 0 Å². The summed E-state index contributed by atoms with van der Waals surface area (Å²) in [4.78, 5) is 11.7. The van der Waals surface area contributed by atoms with Crippen LogP contribution in [0.4, 0.5) is 0 Å². The van der Waals surface area contributed by atoms with Crippen molar-refractivity contribution in [3.63, 3.8) is 0 Å². The molecule has 0 atom stereocenters. The van der Waals surface area contributed by atoms with Crippen LogP contribution >= 0.6 is 0 Å². The van der Waals surface area contributed by atoms with E-state index in [1.165, 1.54) is 0 Å². The summed E-state index contributed by atoms with van der Waals surface area (Å²) in [5.41, 5.74) is 1.65. The Hall–Kier alpha value is -1.05. The predicted octanol–water partition coefficient (Wildman–Crippen LogP) is 3.38. The van der Waals surface area contributed by atoms with E-state index in [-0.39, 0.29) is 11.9 Å². The van der Waals surface area contributed by atoms with Crippen molar-refractivity contribution in [2.24, 2.45) is 0 Å². The molecule has 0 amide bonds. The zero-order valence-electron chi connectivity index (χ0n) is 10.1. The van der Waals surface area contributed by atoms with Crippen molar-refractivity contribution in [2.75, 3.05) is 0 Å². The molecule has 1 aliphatic carbocycles. The van der Waals surface area contributed by atoms with Crippen LogP contribution in [-0.4, -0.2) is 11.9 Å². The molecule has 0 spiro atoms. The fourth-order valence-corrected chi connectivity index (χ4v) is 1.68. The molecule has 0 saturated carbocycles. The Morgan fingerprint density at radius 3 is 2.53 bits per heavy atom. The minimum atomic E-state index is 0.139. The molecular weight excluding hydrogens is 188 g/mol. The molecule has 0 aromatic carbocycles. The summed E-state index contributed by atoms with van der Waals surface area (Å²) in [5.74, 6) is 1.02. The third-order valence-electron chi connectivity index (χ3n) is 2.46. The molecule has 0 aliphatic heterocycles. The Labute approximate surface area is 92.0 Å². The zero-order chi connectivity index (χ0) is 11.4. The Kier molecular flexibility index (Phi) is 4.13. The number of unbranched alkanes of at least 4 members (excludes halogenated alkanes) is 1. The molecule has 0 aromatic rings. The van der Waals surface area contributed by atoms with Gasteiger partial charge in [-0.3, -0.25) is 4.79 Å². The Balaban J connectivity index is 2.80. The van der Waals surface area contributed by atoms with Gasteiger partial charge < -0.3 is 4.74 Å². The molecule has 0 unspecified atom stereocenters. The number of allylic oxidation sites excluding steroid dienone is 3. The zero-order valence-corrected chi connectivity index (χ0v) is 10.1. The Morgan fingerprint density at radius 1 is 1.40 bits per heavy atom. The fraction of sp³-hybridized carbons (Fsp3) is 0.615. The van der Waals surface area contributed by atoms with E-state index in [0.29, 0.717) is 0 Å². The summed E-state index contributed by atoms with van der Waals surface area (Å²) >= 11 is 0. The molecule has 0 aromatic heterocycles. The molecule has 2 nitrogen and oxygen atoms in total. The maximum atomic E-state index is 11.7. The van der Waals surface area contributed by atoms with Gasteiger partial charge in [0.1, 0.15) is 5.76 Å². The molecule has 0 heterocycles. The molecule has 1 aliphatic rings. The lowest BCUT2D eigenvalue weighted by Gasteiger charge is -2.27. The Bertz CT molecular complexity index is 308. The first-order valence-electron chi connectivity index (χ1n) is 5.73. The standard InChI is InChI=1S/C13H20O2/c1-5-7-8-11-12(14)10(6-2)13(11)15-9(3)4/h6,9H,5,7-8H2,1-4H3/b10-6+. The molecule has 1 rings (SSSR count). The van der Waals surface area contributed by atoms with E-state index in [9.17, 15) is 4.79 Å². The van der Waals surface area contributed by atoms with E-state index < -0.39 is 0 Å². The quantitative estimate of drug-likeness (QED) is 0.647. The first-order chi connectivity index (χ1) is 7.11. The summed E-state index contributed by atoms with van der Waals surface area (Å²) in [6.45, 7) is 7.98. The Morgan fingerprint density at radius 2 is 2.07 bits per heavy atom. The molecule has 2 heteroatoms. The number of hydrogen-bond donors (Lipinski definition) is 0. The summed E-state index contributed by atoms with van der Waals surface area (Å²) in [6, 6.07) is 0. The molecule has 0 bridgehead atoms. The highest BCUT2D eigenvalue weighted by molar-refractivity contribution is 6.19. The number of hydrogen-bond acceptors (Lipinski definition) is 2. The summed E-state index contributed by atoms with van der Waals surface area (Å²) in [7, 11) is 0. The van der Waals surface area contributed by atoms with E-state index in [0.717, 1.165) is 36.2 Å². The lowest BCUT2D eigenvalue weighted by atomic mass is 9.84. The largest absolute Gasteiger partial charge is 0.490 e. The SMILES string of the molecule is C/C=C1\C(=O)C(CCCC)=C1OC(C)C. The second-order valence-electron chi connectivity index (χ2n) is 4.11. The van der Waals surface area contributed by atoms with Gasteiger partial charge in [0.2, 0.25) is 0 Å². The first kappa shape index (κ1) is 12.0. The van der Waals surface area contributed by atoms with Crippen LogP contribution in [0, 0.1) is 0 Å². The molecule has 0 radical (unpaired) electrons. The number of carbonyl (C=O) groups is 1. The first-order valence-corrected chi connectivity index (χ1v) is 5.73. The summed E-state index contributed by atoms with van der Waals surface area (Å²) < 4.78 is 5.66. The average Bonchev–Trinajstić information content (AvgIpc) is 2.18. The van der Waals surface area contributed by atoms with Crippen molar-refractivity contribution < 1.29 is 9.53 Å². The lowest BCUT2D eigenvalue weighted by molar-refractivity contribution is -0.114. The predicted molar refractivity (Wildman–Crippen MR) is 61.5 cm³/mol. The second-order valence-corrected chi connectivity index (χ2v) is 4.11. The van der Waals surface area contributed by atoms with Gasteiger partial charge in [-0.15, -0.1) is 0 Å². The number of rotatable bonds is 5. The van der Waals surface area contributed by atoms with Gasteiger partial charge in [-0.2, -0.15) is 0 Å². The van der Waals surface area contributed by atoms with Crippen LogP contribution in [0.1, 0.15) is 47.0 Å². The van der Waals surface area contributed by atoms with Gasteiger partial charge in [0, 0.05) is 5.57 Å². The van der Waals surface area contributed by atoms with Gasteiger partial charge in [0.25, 0.3) is 0 Å². The van der Waals surface area contributed by atoms with Gasteiger partial charge in [-0.1, -0.05) is 19.4 Å². The number of ketones is 1.